The van der Waals surface area contributed by atoms with Crippen molar-refractivity contribution in [2.45, 2.75) is 26.9 Å². The van der Waals surface area contributed by atoms with Gasteiger partial charge in [-0.15, -0.1) is 0 Å². The van der Waals surface area contributed by atoms with Gasteiger partial charge in [-0.05, 0) is 19.9 Å². The van der Waals surface area contributed by atoms with Gasteiger partial charge in [0.05, 0.1) is 17.9 Å². The van der Waals surface area contributed by atoms with Crippen LogP contribution in [0.1, 0.15) is 18.3 Å². The number of nitrogens with two attached hydrogens (primary N) is 1. The van der Waals surface area contributed by atoms with E-state index < -0.39 is 11.2 Å². The van der Waals surface area contributed by atoms with Crippen LogP contribution in [-0.2, 0) is 13.1 Å². The average molecular weight is 249 g/mol. The summed E-state index contributed by atoms with van der Waals surface area (Å²) in [6, 6.07) is 1.90. The lowest BCUT2D eigenvalue weighted by molar-refractivity contribution is 0.586. The number of anilines is 1. The molecule has 0 bridgehead atoms. The van der Waals surface area contributed by atoms with Crippen molar-refractivity contribution in [2.75, 3.05) is 5.73 Å². The first-order valence-corrected chi connectivity index (χ1v) is 5.64. The minimum Gasteiger partial charge on any atom is -0.393 e. The van der Waals surface area contributed by atoms with Crippen LogP contribution >= 0.6 is 0 Å². The van der Waals surface area contributed by atoms with E-state index in [0.29, 0.717) is 6.54 Å². The highest BCUT2D eigenvalue weighted by Crippen LogP contribution is 2.05. The molecule has 2 heterocycles. The van der Waals surface area contributed by atoms with Gasteiger partial charge in [0.25, 0.3) is 5.56 Å². The molecule has 0 aliphatic carbocycles. The Kier molecular flexibility index (Phi) is 3.05. The monoisotopic (exact) mass is 249 g/mol. The fraction of sp³-hybridized carbons (Fsp3) is 0.364. The van der Waals surface area contributed by atoms with Crippen LogP contribution in [0.3, 0.4) is 0 Å². The van der Waals surface area contributed by atoms with Crippen LogP contribution in [0.15, 0.2) is 21.9 Å². The number of aromatic nitrogens is 4. The maximum Gasteiger partial charge on any atom is 0.328 e. The fourth-order valence-electron chi connectivity index (χ4n) is 1.82. The third-order valence-electron chi connectivity index (χ3n) is 2.66. The van der Waals surface area contributed by atoms with E-state index >= 15 is 0 Å². The van der Waals surface area contributed by atoms with Gasteiger partial charge in [-0.3, -0.25) is 19.0 Å². The lowest BCUT2D eigenvalue weighted by atomic mass is 10.3. The first-order valence-electron chi connectivity index (χ1n) is 5.64. The Hall–Kier alpha value is -2.31. The number of H-pyrrole nitrogens is 1. The highest BCUT2D eigenvalue weighted by molar-refractivity contribution is 5.30. The number of rotatable bonds is 3. The molecule has 7 nitrogen and oxygen atoms in total. The molecule has 0 amide bonds. The Morgan fingerprint density at radius 1 is 1.44 bits per heavy atom. The summed E-state index contributed by atoms with van der Waals surface area (Å²) in [5.41, 5.74) is 6.26. The first-order chi connectivity index (χ1) is 8.51. The first kappa shape index (κ1) is 12.2. The van der Waals surface area contributed by atoms with E-state index in [4.69, 9.17) is 5.73 Å². The summed E-state index contributed by atoms with van der Waals surface area (Å²) in [7, 11) is 0. The van der Waals surface area contributed by atoms with Gasteiger partial charge in [-0.1, -0.05) is 0 Å². The molecular weight excluding hydrogens is 234 g/mol. The molecule has 0 radical (unpaired) electrons. The number of aryl methyl sites for hydroxylation is 2. The molecular formula is C11H15N5O2. The summed E-state index contributed by atoms with van der Waals surface area (Å²) in [5, 5.41) is 4.29. The topological polar surface area (TPSA) is 98.7 Å². The van der Waals surface area contributed by atoms with Crippen molar-refractivity contribution in [1.29, 1.82) is 0 Å². The molecule has 2 aromatic rings. The van der Waals surface area contributed by atoms with E-state index in [-0.39, 0.29) is 5.69 Å². The zero-order valence-corrected chi connectivity index (χ0v) is 10.3. The third-order valence-corrected chi connectivity index (χ3v) is 2.66. The molecule has 0 aliphatic rings. The van der Waals surface area contributed by atoms with E-state index in [9.17, 15) is 9.59 Å². The Morgan fingerprint density at radius 2 is 2.17 bits per heavy atom. The quantitative estimate of drug-likeness (QED) is 0.779. The summed E-state index contributed by atoms with van der Waals surface area (Å²) in [6.45, 7) is 4.91. The molecule has 0 aliphatic heterocycles. The van der Waals surface area contributed by atoms with Gasteiger partial charge >= 0.3 is 5.69 Å². The number of hydrogen-bond acceptors (Lipinski definition) is 4. The summed E-state index contributed by atoms with van der Waals surface area (Å²) < 4.78 is 3.17. The number of nitrogens with zero attached hydrogens (tertiary/aromatic N) is 3. The molecule has 0 aromatic carbocycles. The van der Waals surface area contributed by atoms with E-state index in [1.165, 1.54) is 10.8 Å². The number of hydrogen-bond donors (Lipinski definition) is 2. The Morgan fingerprint density at radius 3 is 2.83 bits per heavy atom. The van der Waals surface area contributed by atoms with Crippen LogP contribution in [0.25, 0.3) is 0 Å². The van der Waals surface area contributed by atoms with E-state index in [2.05, 4.69) is 10.1 Å². The molecule has 2 aromatic heterocycles. The summed E-state index contributed by atoms with van der Waals surface area (Å²) in [4.78, 5) is 25.0. The maximum absolute atomic E-state index is 11.6. The standard InChI is InChI=1S/C11H15N5O2/c1-3-16-8(4-7(2)14-16)5-15-6-9(12)10(17)13-11(15)18/h4,6H,3,5,12H2,1-2H3,(H,13,17,18). The molecule has 0 saturated heterocycles. The summed E-state index contributed by atoms with van der Waals surface area (Å²) in [6.07, 6.45) is 1.35. The van der Waals surface area contributed by atoms with E-state index in [0.717, 1.165) is 17.9 Å². The van der Waals surface area contributed by atoms with Crippen molar-refractivity contribution in [3.63, 3.8) is 0 Å². The minimum atomic E-state index is -0.559. The van der Waals surface area contributed by atoms with Gasteiger partial charge < -0.3 is 5.73 Å². The molecule has 7 heteroatoms. The SMILES string of the molecule is CCn1nc(C)cc1Cn1cc(N)c(=O)[nH]c1=O. The molecule has 0 saturated carbocycles. The van der Waals surface area contributed by atoms with Gasteiger partial charge in [0, 0.05) is 12.7 Å². The zero-order chi connectivity index (χ0) is 13.3. The second-order valence-corrected chi connectivity index (χ2v) is 4.06. The summed E-state index contributed by atoms with van der Waals surface area (Å²) >= 11 is 0. The molecule has 0 unspecified atom stereocenters. The third kappa shape index (κ3) is 2.20. The van der Waals surface area contributed by atoms with Crippen molar-refractivity contribution in [3.8, 4) is 0 Å². The van der Waals surface area contributed by atoms with Crippen LogP contribution in [0.2, 0.25) is 0 Å². The van der Waals surface area contributed by atoms with Gasteiger partial charge in [-0.2, -0.15) is 5.10 Å². The Labute approximate surface area is 103 Å². The second-order valence-electron chi connectivity index (χ2n) is 4.06. The molecule has 96 valence electrons. The normalized spacial score (nSPS) is 10.8. The van der Waals surface area contributed by atoms with Gasteiger partial charge in [0.1, 0.15) is 5.69 Å². The van der Waals surface area contributed by atoms with E-state index in [1.807, 2.05) is 24.6 Å². The van der Waals surface area contributed by atoms with Crippen molar-refractivity contribution in [2.24, 2.45) is 0 Å². The van der Waals surface area contributed by atoms with Gasteiger partial charge in [-0.25, -0.2) is 4.79 Å². The van der Waals surface area contributed by atoms with Crippen molar-refractivity contribution in [3.05, 3.63) is 44.5 Å². The highest BCUT2D eigenvalue weighted by Gasteiger charge is 2.07. The zero-order valence-electron chi connectivity index (χ0n) is 10.3. The molecule has 18 heavy (non-hydrogen) atoms. The number of nitrogen functional groups attached to an aromatic ring is 1. The second kappa shape index (κ2) is 4.52. The molecule has 0 spiro atoms. The fourth-order valence-corrected chi connectivity index (χ4v) is 1.82. The lowest BCUT2D eigenvalue weighted by Crippen LogP contribution is -2.31. The maximum atomic E-state index is 11.6. The smallest absolute Gasteiger partial charge is 0.328 e. The van der Waals surface area contributed by atoms with Gasteiger partial charge in [0.15, 0.2) is 0 Å². The Balaban J connectivity index is 2.42. The largest absolute Gasteiger partial charge is 0.393 e. The minimum absolute atomic E-state index is 0.0221. The number of nitrogens with one attached hydrogen (secondary N) is 1. The predicted octanol–water partition coefficient (Wildman–Crippen LogP) is -0.308. The van der Waals surface area contributed by atoms with Crippen LogP contribution in [0, 0.1) is 6.92 Å². The predicted molar refractivity (Wildman–Crippen MR) is 67.5 cm³/mol. The Bertz CT molecular complexity index is 679. The van der Waals surface area contributed by atoms with Gasteiger partial charge in [0.2, 0.25) is 0 Å². The molecule has 0 atom stereocenters. The van der Waals surface area contributed by atoms with Crippen molar-refractivity contribution < 1.29 is 0 Å². The van der Waals surface area contributed by atoms with E-state index in [1.54, 1.807) is 0 Å². The van der Waals surface area contributed by atoms with Crippen LogP contribution in [0.5, 0.6) is 0 Å². The molecule has 3 N–H and O–H groups in total. The summed E-state index contributed by atoms with van der Waals surface area (Å²) in [5.74, 6) is 0. The van der Waals surface area contributed by atoms with Crippen molar-refractivity contribution >= 4 is 5.69 Å². The highest BCUT2D eigenvalue weighted by atomic mass is 16.2. The lowest BCUT2D eigenvalue weighted by Gasteiger charge is -2.07. The molecule has 2 rings (SSSR count). The van der Waals surface area contributed by atoms with Crippen LogP contribution in [-0.4, -0.2) is 19.3 Å². The van der Waals surface area contributed by atoms with Crippen LogP contribution < -0.4 is 17.0 Å². The van der Waals surface area contributed by atoms with Crippen molar-refractivity contribution in [1.82, 2.24) is 19.3 Å². The number of aromatic amines is 1. The average Bonchev–Trinajstić information content (AvgIpc) is 2.66. The van der Waals surface area contributed by atoms with Crippen LogP contribution in [0.4, 0.5) is 5.69 Å². The molecule has 0 fully saturated rings.